The number of rotatable bonds is 4. The molecule has 0 aliphatic carbocycles. The topological polar surface area (TPSA) is 78.4 Å². The van der Waals surface area contributed by atoms with Gasteiger partial charge in [-0.2, -0.15) is 0 Å². The second kappa shape index (κ2) is 6.98. The minimum absolute atomic E-state index is 0.141. The van der Waals surface area contributed by atoms with Crippen molar-refractivity contribution in [2.45, 2.75) is 18.9 Å². The predicted octanol–water partition coefficient (Wildman–Crippen LogP) is 2.31. The molecule has 2 amide bonds. The smallest absolute Gasteiger partial charge is 0.254 e. The molecule has 0 saturated carbocycles. The van der Waals surface area contributed by atoms with Gasteiger partial charge in [0.1, 0.15) is 11.6 Å². The molecule has 25 heavy (non-hydrogen) atoms. The molecular weight excluding hydrogens is 330 g/mol. The van der Waals surface area contributed by atoms with Crippen LogP contribution in [-0.4, -0.2) is 23.5 Å². The third-order valence-corrected chi connectivity index (χ3v) is 4.04. The summed E-state index contributed by atoms with van der Waals surface area (Å²) in [5, 5.41) is 15.0. The van der Waals surface area contributed by atoms with Crippen molar-refractivity contribution in [1.82, 2.24) is 5.32 Å². The van der Waals surface area contributed by atoms with Crippen LogP contribution in [-0.2, 0) is 11.2 Å². The summed E-state index contributed by atoms with van der Waals surface area (Å²) in [6.07, 6.45) is -0.326. The highest BCUT2D eigenvalue weighted by Crippen LogP contribution is 2.26. The lowest BCUT2D eigenvalue weighted by Crippen LogP contribution is -2.29. The van der Waals surface area contributed by atoms with Crippen LogP contribution in [0.3, 0.4) is 0 Å². The maximum atomic E-state index is 14.1. The van der Waals surface area contributed by atoms with Gasteiger partial charge in [-0.15, -0.1) is 0 Å². The van der Waals surface area contributed by atoms with Crippen LogP contribution < -0.4 is 10.6 Å². The Bertz CT molecular complexity index is 822. The van der Waals surface area contributed by atoms with E-state index in [0.29, 0.717) is 23.2 Å². The van der Waals surface area contributed by atoms with Crippen LogP contribution in [0.1, 0.15) is 34.0 Å². The number of anilines is 1. The molecule has 0 bridgehead atoms. The number of fused-ring (bicyclic) bond motifs is 1. The van der Waals surface area contributed by atoms with Gasteiger partial charge < -0.3 is 15.7 Å². The molecule has 0 radical (unpaired) electrons. The Kier molecular flexibility index (Phi) is 4.76. The van der Waals surface area contributed by atoms with E-state index in [1.165, 1.54) is 30.3 Å². The number of hydrogen-bond donors (Lipinski definition) is 3. The third-order valence-electron chi connectivity index (χ3n) is 4.04. The second-order valence-electron chi connectivity index (χ2n) is 5.81. The molecule has 3 rings (SSSR count). The van der Waals surface area contributed by atoms with Gasteiger partial charge in [0.05, 0.1) is 11.7 Å². The molecule has 0 saturated heterocycles. The monoisotopic (exact) mass is 346 g/mol. The summed E-state index contributed by atoms with van der Waals surface area (Å²) in [6.45, 7) is -0.141. The fourth-order valence-corrected chi connectivity index (χ4v) is 2.66. The molecule has 2 aromatic rings. The molecule has 130 valence electrons. The van der Waals surface area contributed by atoms with E-state index in [4.69, 9.17) is 0 Å². The first-order chi connectivity index (χ1) is 11.9. The number of amides is 2. The van der Waals surface area contributed by atoms with Gasteiger partial charge in [-0.05, 0) is 41.8 Å². The Morgan fingerprint density at radius 2 is 1.92 bits per heavy atom. The molecule has 7 heteroatoms. The van der Waals surface area contributed by atoms with Crippen LogP contribution in [0.5, 0.6) is 0 Å². The van der Waals surface area contributed by atoms with Crippen molar-refractivity contribution in [1.29, 1.82) is 0 Å². The summed E-state index contributed by atoms with van der Waals surface area (Å²) in [6, 6.07) is 7.76. The van der Waals surface area contributed by atoms with E-state index in [2.05, 4.69) is 10.6 Å². The number of aryl methyl sites for hydroxylation is 1. The van der Waals surface area contributed by atoms with Crippen molar-refractivity contribution in [3.05, 3.63) is 64.7 Å². The van der Waals surface area contributed by atoms with Gasteiger partial charge >= 0.3 is 0 Å². The summed E-state index contributed by atoms with van der Waals surface area (Å²) in [5.74, 6) is -2.04. The van der Waals surface area contributed by atoms with E-state index < -0.39 is 23.6 Å². The lowest BCUT2D eigenvalue weighted by atomic mass is 9.99. The van der Waals surface area contributed by atoms with Crippen LogP contribution in [0, 0.1) is 11.6 Å². The third kappa shape index (κ3) is 3.83. The van der Waals surface area contributed by atoms with Gasteiger partial charge in [-0.3, -0.25) is 9.59 Å². The molecular formula is C18H16F2N2O3. The second-order valence-corrected chi connectivity index (χ2v) is 5.81. The Balaban J connectivity index is 1.69. The number of hydrogen-bond acceptors (Lipinski definition) is 3. The molecule has 0 fully saturated rings. The van der Waals surface area contributed by atoms with Gasteiger partial charge in [-0.1, -0.05) is 12.1 Å². The van der Waals surface area contributed by atoms with Crippen molar-refractivity contribution >= 4 is 17.5 Å². The summed E-state index contributed by atoms with van der Waals surface area (Å²) < 4.78 is 27.0. The van der Waals surface area contributed by atoms with Crippen LogP contribution in [0.25, 0.3) is 0 Å². The van der Waals surface area contributed by atoms with E-state index >= 15 is 0 Å². The summed E-state index contributed by atoms with van der Waals surface area (Å²) in [4.78, 5) is 23.5. The zero-order valence-corrected chi connectivity index (χ0v) is 13.2. The average Bonchev–Trinajstić information content (AvgIpc) is 2.59. The molecule has 1 unspecified atom stereocenters. The lowest BCUT2D eigenvalue weighted by Gasteiger charge is -2.18. The standard InChI is InChI=1S/C18H16F2N2O3/c19-12-4-1-10(2-5-12)16(23)9-21-18(25)13-7-11-3-6-17(24)22-15(11)8-14(13)20/h1-2,4-5,7-8,16,23H,3,6,9H2,(H,21,25)(H,22,24). The van der Waals surface area contributed by atoms with Crippen LogP contribution in [0.15, 0.2) is 36.4 Å². The predicted molar refractivity (Wildman–Crippen MR) is 87.0 cm³/mol. The largest absolute Gasteiger partial charge is 0.387 e. The van der Waals surface area contributed by atoms with E-state index in [-0.39, 0.29) is 24.4 Å². The van der Waals surface area contributed by atoms with Gasteiger partial charge in [0.15, 0.2) is 0 Å². The van der Waals surface area contributed by atoms with Crippen molar-refractivity contribution < 1.29 is 23.5 Å². The molecule has 1 aliphatic rings. The molecule has 0 aromatic heterocycles. The Morgan fingerprint density at radius 1 is 1.20 bits per heavy atom. The number of benzene rings is 2. The SMILES string of the molecule is O=C1CCc2cc(C(=O)NCC(O)c3ccc(F)cc3)c(F)cc2N1. The fourth-order valence-electron chi connectivity index (χ4n) is 2.66. The maximum absolute atomic E-state index is 14.1. The number of aliphatic hydroxyl groups excluding tert-OH is 1. The summed E-state index contributed by atoms with van der Waals surface area (Å²) >= 11 is 0. The van der Waals surface area contributed by atoms with Crippen molar-refractivity contribution in [2.24, 2.45) is 0 Å². The number of carbonyl (C=O) groups is 2. The number of carbonyl (C=O) groups excluding carboxylic acids is 2. The lowest BCUT2D eigenvalue weighted by molar-refractivity contribution is -0.116. The molecule has 5 nitrogen and oxygen atoms in total. The summed E-state index contributed by atoms with van der Waals surface area (Å²) in [5.41, 5.74) is 1.35. The fraction of sp³-hybridized carbons (Fsp3) is 0.222. The number of aliphatic hydroxyl groups is 1. The van der Waals surface area contributed by atoms with Crippen LogP contribution >= 0.6 is 0 Å². The molecule has 2 aromatic carbocycles. The van der Waals surface area contributed by atoms with Crippen molar-refractivity contribution in [3.63, 3.8) is 0 Å². The molecule has 1 aliphatic heterocycles. The zero-order valence-electron chi connectivity index (χ0n) is 13.2. The highest BCUT2D eigenvalue weighted by Gasteiger charge is 2.21. The van der Waals surface area contributed by atoms with Crippen LogP contribution in [0.2, 0.25) is 0 Å². The number of halogens is 2. The van der Waals surface area contributed by atoms with Crippen molar-refractivity contribution in [3.8, 4) is 0 Å². The van der Waals surface area contributed by atoms with E-state index in [1.807, 2.05) is 0 Å². The minimum atomic E-state index is -1.04. The Morgan fingerprint density at radius 3 is 2.64 bits per heavy atom. The van der Waals surface area contributed by atoms with Gasteiger partial charge in [0, 0.05) is 18.7 Å². The maximum Gasteiger partial charge on any atom is 0.254 e. The summed E-state index contributed by atoms with van der Waals surface area (Å²) in [7, 11) is 0. The van der Waals surface area contributed by atoms with Gasteiger partial charge in [0.25, 0.3) is 5.91 Å². The van der Waals surface area contributed by atoms with Crippen molar-refractivity contribution in [2.75, 3.05) is 11.9 Å². The van der Waals surface area contributed by atoms with E-state index in [9.17, 15) is 23.5 Å². The quantitative estimate of drug-likeness (QED) is 0.795. The molecule has 1 heterocycles. The zero-order chi connectivity index (χ0) is 18.0. The number of nitrogens with one attached hydrogen (secondary N) is 2. The molecule has 3 N–H and O–H groups in total. The van der Waals surface area contributed by atoms with E-state index in [1.54, 1.807) is 0 Å². The van der Waals surface area contributed by atoms with E-state index in [0.717, 1.165) is 6.07 Å². The minimum Gasteiger partial charge on any atom is -0.387 e. The van der Waals surface area contributed by atoms with Crippen LogP contribution in [0.4, 0.5) is 14.5 Å². The van der Waals surface area contributed by atoms with Gasteiger partial charge in [-0.25, -0.2) is 8.78 Å². The highest BCUT2D eigenvalue weighted by molar-refractivity contribution is 5.98. The molecule has 1 atom stereocenters. The first-order valence-electron chi connectivity index (χ1n) is 7.78. The normalized spacial score (nSPS) is 14.4. The Labute approximate surface area is 142 Å². The first-order valence-corrected chi connectivity index (χ1v) is 7.78. The average molecular weight is 346 g/mol. The van der Waals surface area contributed by atoms with Gasteiger partial charge in [0.2, 0.25) is 5.91 Å². The highest BCUT2D eigenvalue weighted by atomic mass is 19.1. The first kappa shape index (κ1) is 17.0. The Hall–Kier alpha value is -2.80. The molecule has 0 spiro atoms.